The largest absolute Gasteiger partial charge is 0.486 e. The van der Waals surface area contributed by atoms with Crippen molar-refractivity contribution in [3.8, 4) is 5.75 Å². The van der Waals surface area contributed by atoms with E-state index in [1.165, 1.54) is 19.3 Å². The number of aromatic nitrogens is 1. The third-order valence-corrected chi connectivity index (χ3v) is 4.03. The number of hydrogen-bond donors (Lipinski definition) is 1. The summed E-state index contributed by atoms with van der Waals surface area (Å²) in [6.45, 7) is 2.72. The third-order valence-electron chi connectivity index (χ3n) is 4.03. The van der Waals surface area contributed by atoms with Gasteiger partial charge in [0.25, 0.3) is 0 Å². The molecular weight excluding hydrogens is 228 g/mol. The van der Waals surface area contributed by atoms with Crippen LogP contribution in [0.1, 0.15) is 37.8 Å². The van der Waals surface area contributed by atoms with Gasteiger partial charge in [-0.2, -0.15) is 0 Å². The lowest BCUT2D eigenvalue weighted by atomic mass is 9.74. The van der Waals surface area contributed by atoms with Gasteiger partial charge in [0.15, 0.2) is 11.6 Å². The van der Waals surface area contributed by atoms with Crippen molar-refractivity contribution in [1.82, 2.24) is 4.98 Å². The van der Waals surface area contributed by atoms with Crippen LogP contribution in [-0.2, 0) is 4.74 Å². The molecule has 2 aliphatic rings. The average Bonchev–Trinajstić information content (AvgIpc) is 2.31. The summed E-state index contributed by atoms with van der Waals surface area (Å²) in [4.78, 5) is 4.23. The Labute approximate surface area is 107 Å². The van der Waals surface area contributed by atoms with E-state index >= 15 is 0 Å². The number of hydrogen-bond acceptors (Lipinski definition) is 4. The fourth-order valence-electron chi connectivity index (χ4n) is 2.85. The minimum Gasteiger partial charge on any atom is -0.486 e. The van der Waals surface area contributed by atoms with Crippen LogP contribution >= 0.6 is 0 Å². The summed E-state index contributed by atoms with van der Waals surface area (Å²) in [6.07, 6.45) is 5.77. The molecule has 0 bridgehead atoms. The summed E-state index contributed by atoms with van der Waals surface area (Å²) in [5.41, 5.74) is 6.91. The maximum Gasteiger partial charge on any atom is 0.166 e. The lowest BCUT2D eigenvalue weighted by molar-refractivity contribution is -0.153. The molecule has 0 radical (unpaired) electrons. The number of nitrogens with two attached hydrogens (primary N) is 1. The zero-order valence-electron chi connectivity index (χ0n) is 10.8. The molecule has 4 nitrogen and oxygen atoms in total. The molecule has 1 aromatic rings. The molecule has 0 aromatic carbocycles. The van der Waals surface area contributed by atoms with Crippen LogP contribution in [-0.4, -0.2) is 23.3 Å². The van der Waals surface area contributed by atoms with E-state index in [1.807, 2.05) is 19.1 Å². The fraction of sp³-hybridized carbons (Fsp3) is 0.643. The Kier molecular flexibility index (Phi) is 2.90. The number of nitrogen functional groups attached to an aromatic ring is 1. The highest BCUT2D eigenvalue weighted by Crippen LogP contribution is 2.43. The van der Waals surface area contributed by atoms with Crippen molar-refractivity contribution in [3.63, 3.8) is 0 Å². The Bertz CT molecular complexity index is 443. The second kappa shape index (κ2) is 4.43. The highest BCUT2D eigenvalue weighted by Gasteiger charge is 2.43. The molecule has 18 heavy (non-hydrogen) atoms. The zero-order valence-corrected chi connectivity index (χ0v) is 10.8. The summed E-state index contributed by atoms with van der Waals surface area (Å²) in [5, 5.41) is 0. The Morgan fingerprint density at radius 3 is 2.94 bits per heavy atom. The van der Waals surface area contributed by atoms with Crippen molar-refractivity contribution in [1.29, 1.82) is 0 Å². The van der Waals surface area contributed by atoms with E-state index < -0.39 is 0 Å². The predicted molar refractivity (Wildman–Crippen MR) is 69.6 cm³/mol. The molecule has 1 atom stereocenters. The first-order valence-corrected chi connectivity index (χ1v) is 6.71. The van der Waals surface area contributed by atoms with Crippen molar-refractivity contribution in [3.05, 3.63) is 17.8 Å². The topological polar surface area (TPSA) is 57.4 Å². The van der Waals surface area contributed by atoms with Gasteiger partial charge in [-0.15, -0.1) is 0 Å². The summed E-state index contributed by atoms with van der Waals surface area (Å²) in [5.74, 6) is 1.20. The lowest BCUT2D eigenvalue weighted by Crippen LogP contribution is -2.48. The quantitative estimate of drug-likeness (QED) is 0.873. The molecule has 1 spiro atoms. The molecule has 2 N–H and O–H groups in total. The van der Waals surface area contributed by atoms with Gasteiger partial charge in [-0.25, -0.2) is 4.98 Å². The zero-order chi connectivity index (χ0) is 12.6. The third kappa shape index (κ3) is 2.17. The number of anilines is 1. The Morgan fingerprint density at radius 1 is 1.44 bits per heavy atom. The molecule has 98 valence electrons. The van der Waals surface area contributed by atoms with Crippen LogP contribution in [0.4, 0.5) is 5.82 Å². The second-order valence-electron chi connectivity index (χ2n) is 5.45. The van der Waals surface area contributed by atoms with E-state index in [4.69, 9.17) is 15.2 Å². The number of ether oxygens (including phenoxy) is 2. The molecule has 2 heterocycles. The molecule has 1 aliphatic carbocycles. The molecule has 2 fully saturated rings. The monoisotopic (exact) mass is 248 g/mol. The van der Waals surface area contributed by atoms with Gasteiger partial charge in [0, 0.05) is 18.5 Å². The Hall–Kier alpha value is -1.29. The van der Waals surface area contributed by atoms with Gasteiger partial charge in [0.1, 0.15) is 6.10 Å². The highest BCUT2D eigenvalue weighted by molar-refractivity contribution is 5.46. The smallest absolute Gasteiger partial charge is 0.166 e. The number of rotatable bonds is 2. The minimum absolute atomic E-state index is 0.107. The van der Waals surface area contributed by atoms with E-state index in [0.29, 0.717) is 11.6 Å². The first-order chi connectivity index (χ1) is 8.67. The molecule has 0 amide bonds. The van der Waals surface area contributed by atoms with Crippen molar-refractivity contribution < 1.29 is 9.47 Å². The Morgan fingerprint density at radius 2 is 2.28 bits per heavy atom. The van der Waals surface area contributed by atoms with Gasteiger partial charge in [-0.05, 0) is 38.3 Å². The number of pyridine rings is 1. The summed E-state index contributed by atoms with van der Waals surface area (Å²) >= 11 is 0. The molecule has 3 rings (SSSR count). The highest BCUT2D eigenvalue weighted by atomic mass is 16.5. The van der Waals surface area contributed by atoms with Gasteiger partial charge < -0.3 is 15.2 Å². The van der Waals surface area contributed by atoms with E-state index in [1.54, 1.807) is 0 Å². The Balaban J connectivity index is 1.68. The maximum atomic E-state index is 6.00. The standard InChI is InChI=1S/C14H20N2O2/c1-10-3-4-12(13(15)16-10)18-11-5-8-17-14(9-11)6-2-7-14/h3-4,11H,2,5-9H2,1H3,(H2,15,16). The molecule has 1 saturated heterocycles. The molecular formula is C14H20N2O2. The molecule has 1 aromatic heterocycles. The van der Waals surface area contributed by atoms with E-state index in [0.717, 1.165) is 25.1 Å². The van der Waals surface area contributed by atoms with E-state index in [-0.39, 0.29) is 11.7 Å². The van der Waals surface area contributed by atoms with Crippen LogP contribution in [0.15, 0.2) is 12.1 Å². The van der Waals surface area contributed by atoms with Crippen LogP contribution in [0.2, 0.25) is 0 Å². The van der Waals surface area contributed by atoms with Crippen molar-refractivity contribution in [2.24, 2.45) is 0 Å². The van der Waals surface area contributed by atoms with Crippen LogP contribution in [0.3, 0.4) is 0 Å². The predicted octanol–water partition coefficient (Wildman–Crippen LogP) is 2.45. The van der Waals surface area contributed by atoms with Crippen molar-refractivity contribution >= 4 is 5.82 Å². The van der Waals surface area contributed by atoms with Gasteiger partial charge in [-0.1, -0.05) is 0 Å². The van der Waals surface area contributed by atoms with Gasteiger partial charge in [0.2, 0.25) is 0 Å². The SMILES string of the molecule is Cc1ccc(OC2CCOC3(CCC3)C2)c(N)n1. The molecule has 4 heteroatoms. The van der Waals surface area contributed by atoms with Crippen LogP contribution in [0, 0.1) is 6.92 Å². The molecule has 1 saturated carbocycles. The average molecular weight is 248 g/mol. The van der Waals surface area contributed by atoms with Gasteiger partial charge in [0.05, 0.1) is 12.2 Å². The minimum atomic E-state index is 0.107. The van der Waals surface area contributed by atoms with E-state index in [9.17, 15) is 0 Å². The lowest BCUT2D eigenvalue weighted by Gasteiger charge is -2.46. The number of aryl methyl sites for hydroxylation is 1. The second-order valence-corrected chi connectivity index (χ2v) is 5.45. The summed E-state index contributed by atoms with van der Waals surface area (Å²) in [6, 6.07) is 3.85. The van der Waals surface area contributed by atoms with Gasteiger partial charge in [-0.3, -0.25) is 0 Å². The maximum absolute atomic E-state index is 6.00. The number of nitrogens with zero attached hydrogens (tertiary/aromatic N) is 1. The van der Waals surface area contributed by atoms with Crippen molar-refractivity contribution in [2.45, 2.75) is 50.7 Å². The normalized spacial score (nSPS) is 25.7. The van der Waals surface area contributed by atoms with E-state index in [2.05, 4.69) is 4.98 Å². The fourth-order valence-corrected chi connectivity index (χ4v) is 2.85. The van der Waals surface area contributed by atoms with Crippen LogP contribution in [0.25, 0.3) is 0 Å². The van der Waals surface area contributed by atoms with Crippen molar-refractivity contribution in [2.75, 3.05) is 12.3 Å². The first-order valence-electron chi connectivity index (χ1n) is 6.71. The summed E-state index contributed by atoms with van der Waals surface area (Å²) < 4.78 is 11.9. The summed E-state index contributed by atoms with van der Waals surface area (Å²) in [7, 11) is 0. The molecule has 1 unspecified atom stereocenters. The van der Waals surface area contributed by atoms with Gasteiger partial charge >= 0.3 is 0 Å². The van der Waals surface area contributed by atoms with Crippen LogP contribution < -0.4 is 10.5 Å². The molecule has 1 aliphatic heterocycles. The van der Waals surface area contributed by atoms with Crippen LogP contribution in [0.5, 0.6) is 5.75 Å². The first kappa shape index (κ1) is 11.8.